The number of hydrogen-bond acceptors (Lipinski definition) is 5. The van der Waals surface area contributed by atoms with Gasteiger partial charge in [-0.05, 0) is 19.0 Å². The van der Waals surface area contributed by atoms with Crippen LogP contribution in [0.2, 0.25) is 0 Å². The lowest BCUT2D eigenvalue weighted by Crippen LogP contribution is -2.42. The first-order valence-electron chi connectivity index (χ1n) is 6.55. The fraction of sp³-hybridized carbons (Fsp3) is 0.462. The number of carbonyl (C=O) groups excluding carboxylic acids is 1. The van der Waals surface area contributed by atoms with E-state index in [1.807, 2.05) is 0 Å². The third kappa shape index (κ3) is 3.05. The number of fused-ring (bicyclic) bond motifs is 1. The van der Waals surface area contributed by atoms with Gasteiger partial charge in [0.05, 0.1) is 10.6 Å². The van der Waals surface area contributed by atoms with Crippen molar-refractivity contribution in [3.63, 3.8) is 0 Å². The number of non-ortho nitro benzene ring substituents is 1. The van der Waals surface area contributed by atoms with Crippen molar-refractivity contribution in [2.75, 3.05) is 31.1 Å². The van der Waals surface area contributed by atoms with Crippen molar-refractivity contribution in [1.29, 1.82) is 0 Å². The highest BCUT2D eigenvalue weighted by atomic mass is 16.6. The number of amides is 1. The van der Waals surface area contributed by atoms with Crippen molar-refractivity contribution in [3.05, 3.63) is 28.3 Å². The average Bonchev–Trinajstić information content (AvgIpc) is 2.44. The highest BCUT2D eigenvalue weighted by Crippen LogP contribution is 2.34. The van der Waals surface area contributed by atoms with Gasteiger partial charge in [0, 0.05) is 25.2 Å². The Kier molecular flexibility index (Phi) is 4.52. The predicted molar refractivity (Wildman–Crippen MR) is 74.1 cm³/mol. The molecule has 1 aliphatic heterocycles. The van der Waals surface area contributed by atoms with Crippen molar-refractivity contribution in [1.82, 2.24) is 5.32 Å². The second kappa shape index (κ2) is 6.33. The third-order valence-electron chi connectivity index (χ3n) is 3.04. The number of carbonyl (C=O) groups is 1. The lowest BCUT2D eigenvalue weighted by Gasteiger charge is -2.29. The normalized spacial score (nSPS) is 13.8. The SMILES string of the molecule is CCCNCCN1C(=O)COc2ccc([N+](=O)[O-])cc21. The van der Waals surface area contributed by atoms with Crippen LogP contribution in [0.5, 0.6) is 5.75 Å². The largest absolute Gasteiger partial charge is 0.482 e. The minimum atomic E-state index is -0.479. The summed E-state index contributed by atoms with van der Waals surface area (Å²) >= 11 is 0. The summed E-state index contributed by atoms with van der Waals surface area (Å²) in [5.74, 6) is 0.321. The zero-order chi connectivity index (χ0) is 14.5. The van der Waals surface area contributed by atoms with Crippen LogP contribution in [0.25, 0.3) is 0 Å². The van der Waals surface area contributed by atoms with E-state index < -0.39 is 4.92 Å². The molecule has 0 aliphatic carbocycles. The molecular formula is C13H17N3O4. The van der Waals surface area contributed by atoms with Gasteiger partial charge in [-0.3, -0.25) is 14.9 Å². The third-order valence-corrected chi connectivity index (χ3v) is 3.04. The summed E-state index contributed by atoms with van der Waals surface area (Å²) in [7, 11) is 0. The number of rotatable bonds is 6. The zero-order valence-electron chi connectivity index (χ0n) is 11.3. The van der Waals surface area contributed by atoms with Gasteiger partial charge >= 0.3 is 0 Å². The topological polar surface area (TPSA) is 84.7 Å². The fourth-order valence-electron chi connectivity index (χ4n) is 2.04. The van der Waals surface area contributed by atoms with Gasteiger partial charge in [-0.1, -0.05) is 6.92 Å². The summed E-state index contributed by atoms with van der Waals surface area (Å²) in [6, 6.07) is 4.29. The molecule has 20 heavy (non-hydrogen) atoms. The highest BCUT2D eigenvalue weighted by Gasteiger charge is 2.27. The summed E-state index contributed by atoms with van der Waals surface area (Å²) in [6.45, 7) is 4.02. The molecule has 1 aromatic carbocycles. The Balaban J connectivity index is 2.18. The molecule has 1 aromatic rings. The lowest BCUT2D eigenvalue weighted by molar-refractivity contribution is -0.384. The van der Waals surface area contributed by atoms with Crippen LogP contribution in [0.4, 0.5) is 11.4 Å². The Morgan fingerprint density at radius 2 is 2.25 bits per heavy atom. The minimum absolute atomic E-state index is 0.0292. The van der Waals surface area contributed by atoms with Crippen molar-refractivity contribution >= 4 is 17.3 Å². The Morgan fingerprint density at radius 3 is 2.95 bits per heavy atom. The molecule has 2 rings (SSSR count). The quantitative estimate of drug-likeness (QED) is 0.482. The van der Waals surface area contributed by atoms with E-state index in [4.69, 9.17) is 4.74 Å². The number of nitrogens with one attached hydrogen (secondary N) is 1. The molecule has 0 spiro atoms. The van der Waals surface area contributed by atoms with Crippen LogP contribution in [-0.4, -0.2) is 37.1 Å². The van der Waals surface area contributed by atoms with E-state index >= 15 is 0 Å². The smallest absolute Gasteiger partial charge is 0.271 e. The van der Waals surface area contributed by atoms with Gasteiger partial charge in [-0.15, -0.1) is 0 Å². The minimum Gasteiger partial charge on any atom is -0.482 e. The molecule has 1 N–H and O–H groups in total. The van der Waals surface area contributed by atoms with Crippen LogP contribution in [0, 0.1) is 10.1 Å². The van der Waals surface area contributed by atoms with E-state index in [1.165, 1.54) is 23.1 Å². The van der Waals surface area contributed by atoms with Crippen LogP contribution in [0.3, 0.4) is 0 Å². The Labute approximate surface area is 116 Å². The van der Waals surface area contributed by atoms with Gasteiger partial charge in [-0.25, -0.2) is 0 Å². The van der Waals surface area contributed by atoms with E-state index in [0.29, 0.717) is 24.5 Å². The Morgan fingerprint density at radius 1 is 1.45 bits per heavy atom. The Bertz CT molecular complexity index is 518. The van der Waals surface area contributed by atoms with E-state index in [9.17, 15) is 14.9 Å². The monoisotopic (exact) mass is 279 g/mol. The number of hydrogen-bond donors (Lipinski definition) is 1. The van der Waals surface area contributed by atoms with Gasteiger partial charge in [0.25, 0.3) is 11.6 Å². The molecule has 0 radical (unpaired) electrons. The summed E-state index contributed by atoms with van der Waals surface area (Å²) < 4.78 is 5.29. The van der Waals surface area contributed by atoms with Crippen LogP contribution < -0.4 is 15.0 Å². The van der Waals surface area contributed by atoms with Gasteiger partial charge in [0.15, 0.2) is 6.61 Å². The molecule has 0 unspecified atom stereocenters. The summed E-state index contributed by atoms with van der Waals surface area (Å²) in [5, 5.41) is 14.0. The highest BCUT2D eigenvalue weighted by molar-refractivity contribution is 5.98. The Hall–Kier alpha value is -2.15. The number of ether oxygens (including phenoxy) is 1. The number of benzene rings is 1. The van der Waals surface area contributed by atoms with Crippen molar-refractivity contribution < 1.29 is 14.5 Å². The predicted octanol–water partition coefficient (Wildman–Crippen LogP) is 1.32. The van der Waals surface area contributed by atoms with Gasteiger partial charge in [-0.2, -0.15) is 0 Å². The second-order valence-electron chi connectivity index (χ2n) is 4.49. The number of nitro benzene ring substituents is 1. The summed E-state index contributed by atoms with van der Waals surface area (Å²) in [5.41, 5.74) is 0.419. The molecular weight excluding hydrogens is 262 g/mol. The first kappa shape index (κ1) is 14.3. The molecule has 0 aromatic heterocycles. The lowest BCUT2D eigenvalue weighted by atomic mass is 10.2. The second-order valence-corrected chi connectivity index (χ2v) is 4.49. The standard InChI is InChI=1S/C13H17N3O4/c1-2-5-14-6-7-15-11-8-10(16(18)19)3-4-12(11)20-9-13(15)17/h3-4,8,14H,2,5-7,9H2,1H3. The maximum atomic E-state index is 11.9. The molecule has 1 heterocycles. The molecule has 7 nitrogen and oxygen atoms in total. The van der Waals surface area contributed by atoms with Crippen molar-refractivity contribution in [3.8, 4) is 5.75 Å². The number of nitrogens with zero attached hydrogens (tertiary/aromatic N) is 2. The first-order valence-corrected chi connectivity index (χ1v) is 6.55. The molecule has 0 saturated carbocycles. The van der Waals surface area contributed by atoms with Gasteiger partial charge in [0.2, 0.25) is 0 Å². The molecule has 1 aliphatic rings. The van der Waals surface area contributed by atoms with E-state index in [0.717, 1.165) is 13.0 Å². The summed E-state index contributed by atoms with van der Waals surface area (Å²) in [4.78, 5) is 23.8. The van der Waals surface area contributed by atoms with Gasteiger partial charge < -0.3 is 15.0 Å². The van der Waals surface area contributed by atoms with Crippen molar-refractivity contribution in [2.24, 2.45) is 0 Å². The number of nitro groups is 1. The van der Waals surface area contributed by atoms with E-state index in [-0.39, 0.29) is 18.2 Å². The van der Waals surface area contributed by atoms with E-state index in [2.05, 4.69) is 12.2 Å². The van der Waals surface area contributed by atoms with Crippen LogP contribution in [-0.2, 0) is 4.79 Å². The van der Waals surface area contributed by atoms with Gasteiger partial charge in [0.1, 0.15) is 5.75 Å². The maximum absolute atomic E-state index is 11.9. The molecule has 108 valence electrons. The average molecular weight is 279 g/mol. The number of anilines is 1. The summed E-state index contributed by atoms with van der Waals surface area (Å²) in [6.07, 6.45) is 1.01. The first-order chi connectivity index (χ1) is 9.63. The zero-order valence-corrected chi connectivity index (χ0v) is 11.3. The molecule has 0 atom stereocenters. The maximum Gasteiger partial charge on any atom is 0.271 e. The molecule has 0 saturated heterocycles. The van der Waals surface area contributed by atoms with Crippen LogP contribution in [0.1, 0.15) is 13.3 Å². The molecule has 0 bridgehead atoms. The van der Waals surface area contributed by atoms with Crippen LogP contribution in [0.15, 0.2) is 18.2 Å². The molecule has 0 fully saturated rings. The molecule has 1 amide bonds. The van der Waals surface area contributed by atoms with Crippen LogP contribution >= 0.6 is 0 Å². The van der Waals surface area contributed by atoms with E-state index in [1.54, 1.807) is 0 Å². The van der Waals surface area contributed by atoms with Crippen molar-refractivity contribution in [2.45, 2.75) is 13.3 Å². The molecule has 7 heteroatoms. The fourth-order valence-corrected chi connectivity index (χ4v) is 2.04.